The Morgan fingerprint density at radius 2 is 1.36 bits per heavy atom. The highest BCUT2D eigenvalue weighted by atomic mass is 32.2. The number of para-hydroxylation sites is 2. The molecule has 4 aromatic rings. The van der Waals surface area contributed by atoms with E-state index in [1.807, 2.05) is 41.8 Å². The van der Waals surface area contributed by atoms with Gasteiger partial charge in [-0.15, -0.1) is 0 Å². The molecule has 0 saturated heterocycles. The first-order chi connectivity index (χ1) is 21.9. The molecule has 2 nitrogen and oxygen atoms in total. The number of hydrogen-bond donors (Lipinski definition) is 0. The number of rotatable bonds is 6. The quantitative estimate of drug-likeness (QED) is 0.197. The van der Waals surface area contributed by atoms with E-state index in [4.69, 9.17) is 0 Å². The van der Waals surface area contributed by atoms with Crippen molar-refractivity contribution in [1.82, 2.24) is 0 Å². The van der Waals surface area contributed by atoms with Crippen molar-refractivity contribution in [2.45, 2.75) is 54.7 Å². The minimum Gasteiger partial charge on any atom is -0.298 e. The fraction of sp³-hybridized carbons (Fsp3) is 0.171. The summed E-state index contributed by atoms with van der Waals surface area (Å²) in [5.41, 5.74) is 15.0. The lowest BCUT2D eigenvalue weighted by Gasteiger charge is -2.41. The molecule has 0 radical (unpaired) electrons. The molecule has 0 bridgehead atoms. The standard InChI is InChI=1S/C41H38N2S2/c1-7-16-31(8-2)33-19-14-21-35(25-33)42-37-23-12-13-24-38(37)43(36-22-15-20-34(26-36)32-17-10-9-11-18-32)41(42)44-39-29(5)27(3)28(4)30(6)40(39)45-41/h7-8,10,12-26H,1-2,9,11H2,3-6H3/b31-16+. The van der Waals surface area contributed by atoms with Crippen LogP contribution in [0.5, 0.6) is 0 Å². The van der Waals surface area contributed by atoms with E-state index < -0.39 is 4.33 Å². The predicted octanol–water partition coefficient (Wildman–Crippen LogP) is 12.2. The summed E-state index contributed by atoms with van der Waals surface area (Å²) in [7, 11) is 0. The van der Waals surface area contributed by atoms with Gasteiger partial charge in [-0.25, -0.2) is 0 Å². The highest BCUT2D eigenvalue weighted by Crippen LogP contribution is 2.69. The van der Waals surface area contributed by atoms with E-state index in [0.717, 1.165) is 29.7 Å². The van der Waals surface area contributed by atoms with Gasteiger partial charge in [-0.05, 0) is 121 Å². The normalized spacial score (nSPS) is 16.5. The Kier molecular flexibility index (Phi) is 7.67. The van der Waals surface area contributed by atoms with Gasteiger partial charge in [-0.1, -0.05) is 110 Å². The zero-order valence-corrected chi connectivity index (χ0v) is 28.1. The molecule has 45 heavy (non-hydrogen) atoms. The van der Waals surface area contributed by atoms with Crippen molar-refractivity contribution in [2.75, 3.05) is 9.80 Å². The molecule has 1 aliphatic carbocycles. The van der Waals surface area contributed by atoms with Crippen molar-refractivity contribution in [3.63, 3.8) is 0 Å². The molecule has 2 heterocycles. The number of thioether (sulfide) groups is 2. The topological polar surface area (TPSA) is 6.48 Å². The Bertz CT molecular complexity index is 1920. The number of anilines is 4. The third kappa shape index (κ3) is 4.74. The second kappa shape index (κ2) is 11.7. The molecule has 0 saturated carbocycles. The Morgan fingerprint density at radius 1 is 0.733 bits per heavy atom. The smallest absolute Gasteiger partial charge is 0.229 e. The number of fused-ring (bicyclic) bond motifs is 2. The second-order valence-electron chi connectivity index (χ2n) is 11.9. The first-order valence-corrected chi connectivity index (χ1v) is 17.2. The maximum atomic E-state index is 4.10. The van der Waals surface area contributed by atoms with Gasteiger partial charge in [-0.3, -0.25) is 9.80 Å². The van der Waals surface area contributed by atoms with Crippen LogP contribution in [-0.2, 0) is 0 Å². The molecule has 2 aliphatic heterocycles. The van der Waals surface area contributed by atoms with Crippen LogP contribution < -0.4 is 9.80 Å². The summed E-state index contributed by atoms with van der Waals surface area (Å²) in [6.07, 6.45) is 14.9. The Hall–Kier alpha value is -4.12. The highest BCUT2D eigenvalue weighted by molar-refractivity contribution is 8.21. The van der Waals surface area contributed by atoms with E-state index in [-0.39, 0.29) is 0 Å². The van der Waals surface area contributed by atoms with Crippen molar-refractivity contribution in [3.05, 3.63) is 156 Å². The van der Waals surface area contributed by atoms with Gasteiger partial charge in [-0.2, -0.15) is 0 Å². The monoisotopic (exact) mass is 622 g/mol. The highest BCUT2D eigenvalue weighted by Gasteiger charge is 2.57. The van der Waals surface area contributed by atoms with Crippen LogP contribution in [-0.4, -0.2) is 4.33 Å². The summed E-state index contributed by atoms with van der Waals surface area (Å²) in [5, 5.41) is 0. The van der Waals surface area contributed by atoms with Gasteiger partial charge in [0.2, 0.25) is 4.33 Å². The minimum atomic E-state index is -0.522. The van der Waals surface area contributed by atoms with Crippen LogP contribution >= 0.6 is 23.5 Å². The molecule has 224 valence electrons. The lowest BCUT2D eigenvalue weighted by atomic mass is 9.99. The minimum absolute atomic E-state index is 0.522. The van der Waals surface area contributed by atoms with E-state index in [1.54, 1.807) is 0 Å². The van der Waals surface area contributed by atoms with Crippen molar-refractivity contribution in [1.29, 1.82) is 0 Å². The average Bonchev–Trinajstić information content (AvgIpc) is 3.61. The molecule has 1 spiro atoms. The van der Waals surface area contributed by atoms with Crippen LogP contribution in [0.4, 0.5) is 22.7 Å². The fourth-order valence-electron chi connectivity index (χ4n) is 6.70. The largest absolute Gasteiger partial charge is 0.298 e. The molecule has 7 rings (SSSR count). The third-order valence-corrected chi connectivity index (χ3v) is 12.7. The molecule has 0 unspecified atom stereocenters. The summed E-state index contributed by atoms with van der Waals surface area (Å²) in [6, 6.07) is 26.9. The molecule has 0 amide bonds. The van der Waals surface area contributed by atoms with Crippen molar-refractivity contribution < 1.29 is 0 Å². The van der Waals surface area contributed by atoms with Crippen LogP contribution in [0.2, 0.25) is 0 Å². The van der Waals surface area contributed by atoms with Gasteiger partial charge in [0, 0.05) is 21.2 Å². The van der Waals surface area contributed by atoms with E-state index in [9.17, 15) is 0 Å². The van der Waals surface area contributed by atoms with Crippen molar-refractivity contribution >= 4 is 57.4 Å². The van der Waals surface area contributed by atoms with E-state index in [2.05, 4.69) is 142 Å². The predicted molar refractivity (Wildman–Crippen MR) is 198 cm³/mol. The van der Waals surface area contributed by atoms with E-state index >= 15 is 0 Å². The second-order valence-corrected chi connectivity index (χ2v) is 14.5. The van der Waals surface area contributed by atoms with Gasteiger partial charge < -0.3 is 0 Å². The zero-order chi connectivity index (χ0) is 31.3. The van der Waals surface area contributed by atoms with E-state index in [0.29, 0.717) is 0 Å². The van der Waals surface area contributed by atoms with Crippen LogP contribution in [0.1, 0.15) is 46.2 Å². The van der Waals surface area contributed by atoms with Gasteiger partial charge in [0.1, 0.15) is 0 Å². The molecule has 0 atom stereocenters. The van der Waals surface area contributed by atoms with Crippen LogP contribution in [0.3, 0.4) is 0 Å². The van der Waals surface area contributed by atoms with Crippen LogP contribution in [0.15, 0.2) is 132 Å². The molecule has 4 heteroatoms. The maximum Gasteiger partial charge on any atom is 0.229 e. The number of allylic oxidation sites excluding steroid dienone is 8. The zero-order valence-electron chi connectivity index (χ0n) is 26.4. The number of hydrogen-bond acceptors (Lipinski definition) is 4. The SMILES string of the molecule is C=C/C=C(\C=C)c1cccc(N2c3ccccc3N(c3cccc(C4=CCCC=C4)c3)C23Sc2c(C)c(C)c(C)c(C)c2S3)c1. The number of nitrogens with zero attached hydrogens (tertiary/aromatic N) is 2. The van der Waals surface area contributed by atoms with Gasteiger partial charge in [0.25, 0.3) is 0 Å². The molecular formula is C41H38N2S2. The molecule has 0 fully saturated rings. The molecular weight excluding hydrogens is 585 g/mol. The van der Waals surface area contributed by atoms with Gasteiger partial charge >= 0.3 is 0 Å². The van der Waals surface area contributed by atoms with Crippen molar-refractivity contribution in [2.24, 2.45) is 0 Å². The Morgan fingerprint density at radius 3 is 1.93 bits per heavy atom. The van der Waals surface area contributed by atoms with Crippen molar-refractivity contribution in [3.8, 4) is 0 Å². The molecule has 3 aliphatic rings. The maximum absolute atomic E-state index is 4.10. The molecule has 0 aromatic heterocycles. The summed E-state index contributed by atoms with van der Waals surface area (Å²) in [6.45, 7) is 17.2. The average molecular weight is 623 g/mol. The first kappa shape index (κ1) is 29.6. The van der Waals surface area contributed by atoms with E-state index in [1.165, 1.54) is 60.2 Å². The summed E-state index contributed by atoms with van der Waals surface area (Å²) >= 11 is 3.96. The fourth-order valence-corrected chi connectivity index (χ4v) is 10.4. The van der Waals surface area contributed by atoms with Crippen LogP contribution in [0.25, 0.3) is 11.1 Å². The Labute approximate surface area is 276 Å². The lowest BCUT2D eigenvalue weighted by Crippen LogP contribution is -2.46. The summed E-state index contributed by atoms with van der Waals surface area (Å²) < 4.78 is -0.522. The summed E-state index contributed by atoms with van der Waals surface area (Å²) in [4.78, 5) is 7.91. The Balaban J connectivity index is 1.49. The molecule has 0 N–H and O–H groups in total. The van der Waals surface area contributed by atoms with Gasteiger partial charge in [0.15, 0.2) is 0 Å². The third-order valence-electron chi connectivity index (χ3n) is 9.36. The van der Waals surface area contributed by atoms with Crippen LogP contribution in [0, 0.1) is 27.7 Å². The lowest BCUT2D eigenvalue weighted by molar-refractivity contribution is 0.868. The molecule has 4 aromatic carbocycles. The number of benzene rings is 4. The summed E-state index contributed by atoms with van der Waals surface area (Å²) in [5.74, 6) is 0. The van der Waals surface area contributed by atoms with Gasteiger partial charge in [0.05, 0.1) is 11.4 Å². The first-order valence-electron chi connectivity index (χ1n) is 15.6.